The zero-order valence-corrected chi connectivity index (χ0v) is 19.1. The molecule has 1 aliphatic rings. The maximum Gasteiger partial charge on any atom is 0.251 e. The van der Waals surface area contributed by atoms with Crippen molar-refractivity contribution in [2.45, 2.75) is 26.7 Å². The summed E-state index contributed by atoms with van der Waals surface area (Å²) in [5.41, 5.74) is 2.91. The lowest BCUT2D eigenvalue weighted by Crippen LogP contribution is -2.43. The first kappa shape index (κ1) is 23.2. The van der Waals surface area contributed by atoms with Crippen molar-refractivity contribution in [2.24, 2.45) is 10.9 Å². The molecule has 2 heterocycles. The summed E-state index contributed by atoms with van der Waals surface area (Å²) < 4.78 is 6.09. The van der Waals surface area contributed by atoms with Gasteiger partial charge in [0.2, 0.25) is 5.91 Å². The van der Waals surface area contributed by atoms with Gasteiger partial charge in [-0.15, -0.1) is 0 Å². The molecule has 1 unspecified atom stereocenters. The summed E-state index contributed by atoms with van der Waals surface area (Å²) in [5.74, 6) is 0.928. The summed E-state index contributed by atoms with van der Waals surface area (Å²) in [7, 11) is 3.52. The topological polar surface area (TPSA) is 83.9 Å². The number of pyridine rings is 1. The largest absolute Gasteiger partial charge is 0.457 e. The van der Waals surface area contributed by atoms with E-state index in [1.54, 1.807) is 49.6 Å². The summed E-state index contributed by atoms with van der Waals surface area (Å²) in [6, 6.07) is 9.00. The Labute approximate surface area is 189 Å². The minimum atomic E-state index is -0.209. The van der Waals surface area contributed by atoms with Crippen LogP contribution in [0.15, 0.2) is 47.6 Å². The van der Waals surface area contributed by atoms with Crippen molar-refractivity contribution in [1.82, 2.24) is 15.2 Å². The fourth-order valence-electron chi connectivity index (χ4n) is 3.78. The summed E-state index contributed by atoms with van der Waals surface area (Å²) in [5, 5.41) is 2.92. The van der Waals surface area contributed by atoms with Gasteiger partial charge in [0.05, 0.1) is 11.6 Å². The second-order valence-corrected chi connectivity index (χ2v) is 7.85. The highest BCUT2D eigenvalue weighted by atomic mass is 16.5. The highest BCUT2D eigenvalue weighted by Crippen LogP contribution is 2.28. The predicted octanol–water partition coefficient (Wildman–Crippen LogP) is 3.88. The third kappa shape index (κ3) is 5.41. The van der Waals surface area contributed by atoms with E-state index in [0.29, 0.717) is 23.6 Å². The molecule has 7 nitrogen and oxygen atoms in total. The lowest BCUT2D eigenvalue weighted by molar-refractivity contribution is -0.136. The van der Waals surface area contributed by atoms with Crippen LogP contribution in [0.2, 0.25) is 0 Å². The van der Waals surface area contributed by atoms with Gasteiger partial charge >= 0.3 is 0 Å². The maximum atomic E-state index is 12.8. The lowest BCUT2D eigenvalue weighted by Gasteiger charge is -2.29. The van der Waals surface area contributed by atoms with Crippen molar-refractivity contribution in [3.05, 3.63) is 59.4 Å². The van der Waals surface area contributed by atoms with Gasteiger partial charge in [-0.2, -0.15) is 0 Å². The summed E-state index contributed by atoms with van der Waals surface area (Å²) >= 11 is 0. The minimum Gasteiger partial charge on any atom is -0.457 e. The Bertz CT molecular complexity index is 1050. The molecule has 7 heteroatoms. The van der Waals surface area contributed by atoms with Crippen LogP contribution in [0.1, 0.15) is 41.4 Å². The number of hydrogen-bond donors (Lipinski definition) is 1. The normalized spacial score (nSPS) is 17.0. The van der Waals surface area contributed by atoms with E-state index in [1.165, 1.54) is 0 Å². The van der Waals surface area contributed by atoms with Crippen LogP contribution < -0.4 is 10.1 Å². The number of nitrogens with zero attached hydrogens (tertiary/aromatic N) is 3. The Kier molecular flexibility index (Phi) is 7.76. The zero-order chi connectivity index (χ0) is 23.1. The standard InChI is InChI=1S/C25H30N4O3/c1-5-18(15-26-3)22-14-20(11-12-27-22)32-23-10-6-9-21(17(23)2)24(30)28-16-19-8-7-13-29(4)25(19)31/h5-6,9-12,14-15,19H,7-8,13,16H2,1-4H3,(H,28,30)/b18-5+,26-15?. The van der Waals surface area contributed by atoms with Crippen LogP contribution in [-0.4, -0.2) is 55.1 Å². The first-order valence-corrected chi connectivity index (χ1v) is 10.8. The van der Waals surface area contributed by atoms with E-state index < -0.39 is 0 Å². The van der Waals surface area contributed by atoms with E-state index in [1.807, 2.05) is 32.1 Å². The van der Waals surface area contributed by atoms with Gasteiger partial charge in [-0.3, -0.25) is 19.6 Å². The molecule has 0 saturated carbocycles. The molecule has 1 N–H and O–H groups in total. The Morgan fingerprint density at radius 2 is 2.19 bits per heavy atom. The van der Waals surface area contributed by atoms with E-state index in [0.717, 1.165) is 36.2 Å². The van der Waals surface area contributed by atoms with Gasteiger partial charge in [-0.1, -0.05) is 12.1 Å². The van der Waals surface area contributed by atoms with E-state index in [9.17, 15) is 9.59 Å². The van der Waals surface area contributed by atoms with Gasteiger partial charge in [0.15, 0.2) is 0 Å². The number of aliphatic imine (C=N–C) groups is 1. The van der Waals surface area contributed by atoms with E-state index in [2.05, 4.69) is 15.3 Å². The number of likely N-dealkylation sites (tertiary alicyclic amines) is 1. The lowest BCUT2D eigenvalue weighted by atomic mass is 9.97. The first-order chi connectivity index (χ1) is 15.4. The molecule has 0 aliphatic carbocycles. The number of carbonyl (C=O) groups excluding carboxylic acids is 2. The number of carbonyl (C=O) groups is 2. The average Bonchev–Trinajstić information content (AvgIpc) is 2.80. The number of piperidine rings is 1. The van der Waals surface area contributed by atoms with Gasteiger partial charge < -0.3 is 15.0 Å². The third-order valence-electron chi connectivity index (χ3n) is 5.64. The number of benzene rings is 1. The van der Waals surface area contributed by atoms with Crippen molar-refractivity contribution in [3.63, 3.8) is 0 Å². The molecule has 1 saturated heterocycles. The molecular formula is C25H30N4O3. The Balaban J connectivity index is 1.73. The summed E-state index contributed by atoms with van der Waals surface area (Å²) in [6.07, 6.45) is 7.12. The van der Waals surface area contributed by atoms with Gasteiger partial charge in [0, 0.05) is 62.4 Å². The number of allylic oxidation sites excluding steroid dienone is 2. The maximum absolute atomic E-state index is 12.8. The summed E-state index contributed by atoms with van der Waals surface area (Å²) in [4.78, 5) is 35.3. The van der Waals surface area contributed by atoms with Crippen molar-refractivity contribution in [1.29, 1.82) is 0 Å². The molecular weight excluding hydrogens is 404 g/mol. The van der Waals surface area contributed by atoms with Gasteiger partial charge in [0.25, 0.3) is 5.91 Å². The third-order valence-corrected chi connectivity index (χ3v) is 5.64. The van der Waals surface area contributed by atoms with Crippen molar-refractivity contribution in [2.75, 3.05) is 27.2 Å². The highest BCUT2D eigenvalue weighted by Gasteiger charge is 2.26. The molecule has 32 heavy (non-hydrogen) atoms. The number of ether oxygens (including phenoxy) is 1. The molecule has 2 amide bonds. The fraction of sp³-hybridized carbons (Fsp3) is 0.360. The number of aromatic nitrogens is 1. The monoisotopic (exact) mass is 434 g/mol. The zero-order valence-electron chi connectivity index (χ0n) is 19.1. The van der Waals surface area contributed by atoms with Gasteiger partial charge in [0.1, 0.15) is 11.5 Å². The van der Waals surface area contributed by atoms with Crippen LogP contribution in [0, 0.1) is 12.8 Å². The van der Waals surface area contributed by atoms with Crippen molar-refractivity contribution in [3.8, 4) is 11.5 Å². The number of amides is 2. The SMILES string of the molecule is C/C=C(\C=NC)c1cc(Oc2cccc(C(=O)NCC3CCCN(C)C3=O)c2C)ccn1. The van der Waals surface area contributed by atoms with Crippen LogP contribution in [0.3, 0.4) is 0 Å². The average molecular weight is 435 g/mol. The van der Waals surface area contributed by atoms with Crippen LogP contribution in [-0.2, 0) is 4.79 Å². The second-order valence-electron chi connectivity index (χ2n) is 7.85. The predicted molar refractivity (Wildman–Crippen MR) is 126 cm³/mol. The number of rotatable bonds is 7. The van der Waals surface area contributed by atoms with E-state index in [4.69, 9.17) is 4.74 Å². The Morgan fingerprint density at radius 3 is 2.94 bits per heavy atom. The molecule has 1 atom stereocenters. The quantitative estimate of drug-likeness (QED) is 0.670. The Morgan fingerprint density at radius 1 is 1.38 bits per heavy atom. The van der Waals surface area contributed by atoms with E-state index in [-0.39, 0.29) is 17.7 Å². The fourth-order valence-corrected chi connectivity index (χ4v) is 3.78. The molecule has 1 aromatic carbocycles. The Hall–Kier alpha value is -3.48. The first-order valence-electron chi connectivity index (χ1n) is 10.8. The molecule has 168 valence electrons. The number of hydrogen-bond acceptors (Lipinski definition) is 5. The van der Waals surface area contributed by atoms with Crippen LogP contribution >= 0.6 is 0 Å². The molecule has 0 spiro atoms. The van der Waals surface area contributed by atoms with E-state index >= 15 is 0 Å². The molecule has 3 rings (SSSR count). The molecule has 0 bridgehead atoms. The van der Waals surface area contributed by atoms with Crippen LogP contribution in [0.25, 0.3) is 5.57 Å². The molecule has 1 fully saturated rings. The van der Waals surface area contributed by atoms with Crippen LogP contribution in [0.4, 0.5) is 0 Å². The highest BCUT2D eigenvalue weighted by molar-refractivity contribution is 6.08. The molecule has 1 aromatic heterocycles. The van der Waals surface area contributed by atoms with Crippen molar-refractivity contribution < 1.29 is 14.3 Å². The van der Waals surface area contributed by atoms with Gasteiger partial charge in [-0.05, 0) is 44.9 Å². The van der Waals surface area contributed by atoms with Crippen molar-refractivity contribution >= 4 is 23.6 Å². The second kappa shape index (κ2) is 10.7. The molecule has 1 aliphatic heterocycles. The smallest absolute Gasteiger partial charge is 0.251 e. The minimum absolute atomic E-state index is 0.0902. The summed E-state index contributed by atoms with van der Waals surface area (Å²) in [6.45, 7) is 4.90. The van der Waals surface area contributed by atoms with Crippen LogP contribution in [0.5, 0.6) is 11.5 Å². The van der Waals surface area contributed by atoms with Gasteiger partial charge in [-0.25, -0.2) is 0 Å². The molecule has 0 radical (unpaired) electrons. The number of nitrogens with one attached hydrogen (secondary N) is 1. The molecule has 2 aromatic rings.